The number of rotatable bonds is 5. The summed E-state index contributed by atoms with van der Waals surface area (Å²) in [6.07, 6.45) is -2.17. The van der Waals surface area contributed by atoms with Gasteiger partial charge in [-0.3, -0.25) is 4.79 Å². The number of carbonyl (C=O) groups excluding carboxylic acids is 1. The Kier molecular flexibility index (Phi) is 5.84. The molecule has 2 aromatic rings. The number of pyridine rings is 1. The van der Waals surface area contributed by atoms with E-state index in [1.165, 1.54) is 23.9 Å². The van der Waals surface area contributed by atoms with Gasteiger partial charge >= 0.3 is 6.18 Å². The third-order valence-electron chi connectivity index (χ3n) is 3.29. The van der Waals surface area contributed by atoms with Crippen molar-refractivity contribution in [2.45, 2.75) is 17.3 Å². The number of carbonyl (C=O) groups is 1. The first-order valence-corrected chi connectivity index (χ1v) is 8.18. The molecular weight excluding hydrogens is 341 g/mol. The van der Waals surface area contributed by atoms with Crippen molar-refractivity contribution in [3.63, 3.8) is 0 Å². The number of hydrogen-bond acceptors (Lipinski definition) is 4. The molecule has 8 heteroatoms. The van der Waals surface area contributed by atoms with Crippen LogP contribution in [0.2, 0.25) is 0 Å². The molecule has 4 nitrogen and oxygen atoms in total. The van der Waals surface area contributed by atoms with Gasteiger partial charge in [-0.15, -0.1) is 11.8 Å². The minimum absolute atomic E-state index is 0.118. The van der Waals surface area contributed by atoms with Crippen LogP contribution in [0.25, 0.3) is 0 Å². The van der Waals surface area contributed by atoms with E-state index >= 15 is 0 Å². The zero-order chi connectivity index (χ0) is 17.7. The van der Waals surface area contributed by atoms with Crippen molar-refractivity contribution in [3.05, 3.63) is 59.3 Å². The second-order valence-electron chi connectivity index (χ2n) is 4.91. The summed E-state index contributed by atoms with van der Waals surface area (Å²) in [5.41, 5.74) is -0.119. The van der Waals surface area contributed by atoms with Gasteiger partial charge in [0.05, 0.1) is 17.2 Å². The van der Waals surface area contributed by atoms with Gasteiger partial charge in [0.1, 0.15) is 5.03 Å². The molecule has 0 fully saturated rings. The predicted molar refractivity (Wildman–Crippen MR) is 84.8 cm³/mol. The average Bonchev–Trinajstić information content (AvgIpc) is 2.58. The lowest BCUT2D eigenvalue weighted by molar-refractivity contribution is -0.137. The van der Waals surface area contributed by atoms with Crippen LogP contribution in [0.3, 0.4) is 0 Å². The summed E-state index contributed by atoms with van der Waals surface area (Å²) < 4.78 is 37.5. The van der Waals surface area contributed by atoms with Crippen molar-refractivity contribution in [3.8, 4) is 0 Å². The predicted octanol–water partition coefficient (Wildman–Crippen LogP) is 3.29. The molecule has 1 aromatic heterocycles. The van der Waals surface area contributed by atoms with Gasteiger partial charge in [0, 0.05) is 12.7 Å². The fourth-order valence-corrected chi connectivity index (χ4v) is 2.57. The van der Waals surface area contributed by atoms with Gasteiger partial charge in [0.2, 0.25) is 0 Å². The first-order valence-electron chi connectivity index (χ1n) is 6.95. The van der Waals surface area contributed by atoms with Crippen LogP contribution in [-0.4, -0.2) is 28.8 Å². The minimum atomic E-state index is -4.42. The first-order chi connectivity index (χ1) is 11.3. The van der Waals surface area contributed by atoms with Gasteiger partial charge in [-0.05, 0) is 36.1 Å². The number of benzene rings is 1. The number of thioether (sulfide) groups is 1. The lowest BCUT2D eigenvalue weighted by Gasteiger charge is -2.14. The maximum absolute atomic E-state index is 12.5. The van der Waals surface area contributed by atoms with E-state index in [0.717, 1.165) is 12.1 Å². The maximum atomic E-state index is 12.5. The topological polar surface area (TPSA) is 62.2 Å². The third-order valence-corrected chi connectivity index (χ3v) is 4.00. The maximum Gasteiger partial charge on any atom is 0.416 e. The average molecular weight is 356 g/mol. The van der Waals surface area contributed by atoms with E-state index in [1.54, 1.807) is 24.6 Å². The second kappa shape index (κ2) is 7.67. The molecule has 0 aliphatic rings. The smallest absolute Gasteiger partial charge is 0.387 e. The molecule has 2 rings (SSSR count). The fourth-order valence-electron chi connectivity index (χ4n) is 2.02. The highest BCUT2D eigenvalue weighted by molar-refractivity contribution is 7.98. The van der Waals surface area contributed by atoms with Crippen molar-refractivity contribution in [2.75, 3.05) is 12.8 Å². The SMILES string of the molecule is CSc1ncccc1C(=O)NC[C@@H](O)c1ccc(C(F)(F)F)cc1. The van der Waals surface area contributed by atoms with Crippen LogP contribution in [-0.2, 0) is 6.18 Å². The summed E-state index contributed by atoms with van der Waals surface area (Å²) >= 11 is 1.32. The molecule has 0 aliphatic carbocycles. The summed E-state index contributed by atoms with van der Waals surface area (Å²) in [6.45, 7) is -0.118. The Morgan fingerprint density at radius 1 is 1.29 bits per heavy atom. The van der Waals surface area contributed by atoms with E-state index in [1.807, 2.05) is 0 Å². The number of alkyl halides is 3. The molecule has 0 bridgehead atoms. The Morgan fingerprint density at radius 2 is 1.96 bits per heavy atom. The van der Waals surface area contributed by atoms with E-state index in [4.69, 9.17) is 0 Å². The highest BCUT2D eigenvalue weighted by Gasteiger charge is 2.30. The van der Waals surface area contributed by atoms with Gasteiger partial charge in [-0.25, -0.2) is 4.98 Å². The van der Waals surface area contributed by atoms with E-state index in [0.29, 0.717) is 16.2 Å². The number of aliphatic hydroxyl groups is 1. The number of amides is 1. The fraction of sp³-hybridized carbons (Fsp3) is 0.250. The quantitative estimate of drug-likeness (QED) is 0.807. The van der Waals surface area contributed by atoms with E-state index in [-0.39, 0.29) is 6.54 Å². The molecule has 128 valence electrons. The van der Waals surface area contributed by atoms with E-state index in [2.05, 4.69) is 10.3 Å². The van der Waals surface area contributed by atoms with Gasteiger partial charge in [-0.2, -0.15) is 13.2 Å². The molecular formula is C16H15F3N2O2S. The zero-order valence-corrected chi connectivity index (χ0v) is 13.5. The summed E-state index contributed by atoms with van der Waals surface area (Å²) in [6, 6.07) is 7.41. The van der Waals surface area contributed by atoms with Gasteiger partial charge in [0.25, 0.3) is 5.91 Å². The highest BCUT2D eigenvalue weighted by atomic mass is 32.2. The van der Waals surface area contributed by atoms with Gasteiger partial charge in [-0.1, -0.05) is 12.1 Å². The minimum Gasteiger partial charge on any atom is -0.387 e. The Bertz CT molecular complexity index is 705. The van der Waals surface area contributed by atoms with Crippen LogP contribution in [0.1, 0.15) is 27.6 Å². The number of aliphatic hydroxyl groups excluding tert-OH is 1. The molecule has 0 radical (unpaired) electrons. The number of aromatic nitrogens is 1. The molecule has 0 spiro atoms. The van der Waals surface area contributed by atoms with Crippen molar-refractivity contribution in [1.29, 1.82) is 0 Å². The van der Waals surface area contributed by atoms with Crippen molar-refractivity contribution < 1.29 is 23.1 Å². The van der Waals surface area contributed by atoms with E-state index in [9.17, 15) is 23.1 Å². The Balaban J connectivity index is 2.00. The molecule has 1 amide bonds. The molecule has 1 heterocycles. The van der Waals surface area contributed by atoms with Crippen molar-refractivity contribution in [1.82, 2.24) is 10.3 Å². The van der Waals surface area contributed by atoms with Crippen LogP contribution in [0.4, 0.5) is 13.2 Å². The number of hydrogen-bond donors (Lipinski definition) is 2. The van der Waals surface area contributed by atoms with Crippen LogP contribution in [0, 0.1) is 0 Å². The molecule has 1 atom stereocenters. The number of nitrogens with zero attached hydrogens (tertiary/aromatic N) is 1. The highest BCUT2D eigenvalue weighted by Crippen LogP contribution is 2.29. The lowest BCUT2D eigenvalue weighted by Crippen LogP contribution is -2.29. The van der Waals surface area contributed by atoms with Gasteiger partial charge < -0.3 is 10.4 Å². The number of nitrogens with one attached hydrogen (secondary N) is 1. The number of halogens is 3. The largest absolute Gasteiger partial charge is 0.416 e. The summed E-state index contributed by atoms with van der Waals surface area (Å²) in [4.78, 5) is 16.2. The third kappa shape index (κ3) is 4.48. The summed E-state index contributed by atoms with van der Waals surface area (Å²) in [7, 11) is 0. The van der Waals surface area contributed by atoms with Crippen molar-refractivity contribution >= 4 is 17.7 Å². The first kappa shape index (κ1) is 18.3. The van der Waals surface area contributed by atoms with Crippen LogP contribution in [0.15, 0.2) is 47.6 Å². The molecule has 0 aliphatic heterocycles. The van der Waals surface area contributed by atoms with Crippen molar-refractivity contribution in [2.24, 2.45) is 0 Å². The molecule has 24 heavy (non-hydrogen) atoms. The molecule has 1 aromatic carbocycles. The molecule has 0 saturated carbocycles. The standard InChI is InChI=1S/C16H15F3N2O2S/c1-24-15-12(3-2-8-20-15)14(23)21-9-13(22)10-4-6-11(7-5-10)16(17,18)19/h2-8,13,22H,9H2,1H3,(H,21,23)/t13-/m1/s1. The Morgan fingerprint density at radius 3 is 2.54 bits per heavy atom. The van der Waals surface area contributed by atoms with Gasteiger partial charge in [0.15, 0.2) is 0 Å². The second-order valence-corrected chi connectivity index (χ2v) is 5.70. The molecule has 0 unspecified atom stereocenters. The lowest BCUT2D eigenvalue weighted by atomic mass is 10.1. The summed E-state index contributed by atoms with van der Waals surface area (Å²) in [5.74, 6) is -0.404. The monoisotopic (exact) mass is 356 g/mol. The summed E-state index contributed by atoms with van der Waals surface area (Å²) in [5, 5.41) is 13.1. The molecule has 2 N–H and O–H groups in total. The molecule has 0 saturated heterocycles. The van der Waals surface area contributed by atoms with E-state index < -0.39 is 23.8 Å². The zero-order valence-electron chi connectivity index (χ0n) is 12.7. The Labute approximate surface area is 141 Å². The normalized spacial score (nSPS) is 12.7. The van der Waals surface area contributed by atoms with Crippen LogP contribution >= 0.6 is 11.8 Å². The van der Waals surface area contributed by atoms with Crippen LogP contribution in [0.5, 0.6) is 0 Å². The van der Waals surface area contributed by atoms with Crippen LogP contribution < -0.4 is 5.32 Å². The Hall–Kier alpha value is -2.06.